The average Bonchev–Trinajstić information content (AvgIpc) is 3.03. The fraction of sp³-hybridized carbons (Fsp3) is 0.353. The highest BCUT2D eigenvalue weighted by atomic mass is 35.5. The van der Waals surface area contributed by atoms with Crippen molar-refractivity contribution in [3.63, 3.8) is 0 Å². The molecule has 1 saturated heterocycles. The number of carbonyl (C=O) groups is 1. The second-order valence-electron chi connectivity index (χ2n) is 5.60. The smallest absolute Gasteiger partial charge is 0.324 e. The molecule has 0 spiro atoms. The van der Waals surface area contributed by atoms with Crippen LogP contribution in [0.3, 0.4) is 0 Å². The maximum Gasteiger partial charge on any atom is 0.324 e. The van der Waals surface area contributed by atoms with Crippen molar-refractivity contribution in [2.45, 2.75) is 13.8 Å². The lowest BCUT2D eigenvalue weighted by atomic mass is 10.1. The zero-order valence-corrected chi connectivity index (χ0v) is 14.2. The zero-order valence-electron chi connectivity index (χ0n) is 13.4. The lowest BCUT2D eigenvalue weighted by molar-refractivity contribution is 0.207. The molecule has 124 valence electrons. The summed E-state index contributed by atoms with van der Waals surface area (Å²) in [6.07, 6.45) is 1.55. The summed E-state index contributed by atoms with van der Waals surface area (Å²) in [5, 5.41) is 2.77. The van der Waals surface area contributed by atoms with E-state index in [0.717, 1.165) is 13.1 Å². The van der Waals surface area contributed by atoms with Crippen LogP contribution in [-0.4, -0.2) is 37.1 Å². The molecule has 1 aromatic heterocycles. The summed E-state index contributed by atoms with van der Waals surface area (Å²) < 4.78 is 5.15. The lowest BCUT2D eigenvalue weighted by Gasteiger charge is -2.36. The van der Waals surface area contributed by atoms with Crippen LogP contribution < -0.4 is 10.2 Å². The third-order valence-electron chi connectivity index (χ3n) is 4.23. The predicted octanol–water partition coefficient (Wildman–Crippen LogP) is 3.67. The van der Waals surface area contributed by atoms with Gasteiger partial charge in [-0.25, -0.2) is 4.79 Å². The van der Waals surface area contributed by atoms with E-state index in [2.05, 4.69) is 42.3 Å². The van der Waals surface area contributed by atoms with Crippen molar-refractivity contribution in [3.8, 4) is 0 Å². The van der Waals surface area contributed by atoms with E-state index in [0.29, 0.717) is 19.0 Å². The molecule has 0 atom stereocenters. The summed E-state index contributed by atoms with van der Waals surface area (Å²) in [6.45, 7) is 7.39. The van der Waals surface area contributed by atoms with E-state index in [-0.39, 0.29) is 18.4 Å². The molecule has 0 radical (unpaired) electrons. The fourth-order valence-corrected chi connectivity index (χ4v) is 2.76. The van der Waals surface area contributed by atoms with Gasteiger partial charge in [0.25, 0.3) is 0 Å². The molecule has 3 rings (SSSR count). The number of aryl methyl sites for hydroxylation is 1. The van der Waals surface area contributed by atoms with Gasteiger partial charge in [0, 0.05) is 37.9 Å². The van der Waals surface area contributed by atoms with E-state index in [1.165, 1.54) is 16.8 Å². The first kappa shape index (κ1) is 17.2. The van der Waals surface area contributed by atoms with E-state index in [1.807, 2.05) is 4.90 Å². The molecule has 0 saturated carbocycles. The Labute approximate surface area is 142 Å². The summed E-state index contributed by atoms with van der Waals surface area (Å²) in [6, 6.07) is 9.77. The number of halogens is 1. The second-order valence-corrected chi connectivity index (χ2v) is 5.60. The first-order valence-electron chi connectivity index (χ1n) is 7.56. The van der Waals surface area contributed by atoms with Gasteiger partial charge < -0.3 is 14.2 Å². The molecule has 0 aliphatic carbocycles. The molecule has 0 unspecified atom stereocenters. The van der Waals surface area contributed by atoms with Gasteiger partial charge in [-0.1, -0.05) is 12.1 Å². The number of rotatable bonds is 2. The Morgan fingerprint density at radius 2 is 1.83 bits per heavy atom. The summed E-state index contributed by atoms with van der Waals surface area (Å²) in [4.78, 5) is 16.3. The van der Waals surface area contributed by atoms with E-state index in [1.54, 1.807) is 18.4 Å². The first-order chi connectivity index (χ1) is 10.6. The van der Waals surface area contributed by atoms with Gasteiger partial charge in [0.05, 0.1) is 6.26 Å². The number of nitrogens with one attached hydrogen (secondary N) is 1. The highest BCUT2D eigenvalue weighted by molar-refractivity contribution is 5.88. The number of nitrogens with zero attached hydrogens (tertiary/aromatic N) is 2. The minimum absolute atomic E-state index is 0. The Morgan fingerprint density at radius 3 is 2.48 bits per heavy atom. The predicted molar refractivity (Wildman–Crippen MR) is 94.7 cm³/mol. The molecule has 6 heteroatoms. The van der Waals surface area contributed by atoms with Crippen LogP contribution in [0, 0.1) is 13.8 Å². The molecular weight excluding hydrogens is 314 g/mol. The maximum atomic E-state index is 12.2. The van der Waals surface area contributed by atoms with Gasteiger partial charge >= 0.3 is 6.03 Å². The number of urea groups is 1. The Balaban J connectivity index is 0.00000192. The largest absolute Gasteiger partial charge is 0.449 e. The highest BCUT2D eigenvalue weighted by Crippen LogP contribution is 2.24. The van der Waals surface area contributed by atoms with Gasteiger partial charge in [0.15, 0.2) is 0 Å². The minimum Gasteiger partial charge on any atom is -0.449 e. The van der Waals surface area contributed by atoms with Crippen LogP contribution in [0.4, 0.5) is 16.4 Å². The lowest BCUT2D eigenvalue weighted by Crippen LogP contribution is -2.50. The molecule has 23 heavy (non-hydrogen) atoms. The van der Waals surface area contributed by atoms with Crippen molar-refractivity contribution in [2.24, 2.45) is 0 Å². The Kier molecular flexibility index (Phi) is 5.55. The Hall–Kier alpha value is -2.14. The number of anilines is 2. The third-order valence-corrected chi connectivity index (χ3v) is 4.23. The van der Waals surface area contributed by atoms with E-state index >= 15 is 0 Å². The van der Waals surface area contributed by atoms with Crippen molar-refractivity contribution in [2.75, 3.05) is 36.4 Å². The standard InChI is InChI=1S/C17H21N3O2.ClH/c1-13-5-3-6-15(14(13)2)19-8-10-20(11-9-19)17(21)18-16-7-4-12-22-16;/h3-7,12H,8-11H2,1-2H3,(H,18,21);1H. The molecule has 2 amide bonds. The molecule has 2 heterocycles. The van der Waals surface area contributed by atoms with E-state index in [9.17, 15) is 4.79 Å². The highest BCUT2D eigenvalue weighted by Gasteiger charge is 2.22. The summed E-state index contributed by atoms with van der Waals surface area (Å²) >= 11 is 0. The summed E-state index contributed by atoms with van der Waals surface area (Å²) in [5.74, 6) is 0.488. The number of hydrogen-bond donors (Lipinski definition) is 1. The van der Waals surface area contributed by atoms with Crippen LogP contribution in [0.15, 0.2) is 41.0 Å². The van der Waals surface area contributed by atoms with Crippen molar-refractivity contribution >= 4 is 30.0 Å². The van der Waals surface area contributed by atoms with Crippen molar-refractivity contribution in [1.82, 2.24) is 4.90 Å². The van der Waals surface area contributed by atoms with Crippen LogP contribution in [-0.2, 0) is 0 Å². The second kappa shape index (κ2) is 7.42. The fourth-order valence-electron chi connectivity index (χ4n) is 2.76. The van der Waals surface area contributed by atoms with Crippen LogP contribution in [0.2, 0.25) is 0 Å². The molecular formula is C17H22ClN3O2. The number of piperazine rings is 1. The normalized spacial score (nSPS) is 14.3. The van der Waals surface area contributed by atoms with E-state index in [4.69, 9.17) is 4.42 Å². The number of hydrogen-bond acceptors (Lipinski definition) is 3. The molecule has 5 nitrogen and oxygen atoms in total. The maximum absolute atomic E-state index is 12.2. The third kappa shape index (κ3) is 3.79. The molecule has 0 bridgehead atoms. The van der Waals surface area contributed by atoms with Gasteiger partial charge in [-0.2, -0.15) is 0 Å². The van der Waals surface area contributed by atoms with Gasteiger partial charge in [0.2, 0.25) is 5.88 Å². The molecule has 1 aliphatic rings. The number of carbonyl (C=O) groups excluding carboxylic acids is 1. The summed E-state index contributed by atoms with van der Waals surface area (Å²) in [7, 11) is 0. The monoisotopic (exact) mass is 335 g/mol. The van der Waals surface area contributed by atoms with Gasteiger partial charge in [-0.05, 0) is 37.1 Å². The van der Waals surface area contributed by atoms with Crippen LogP contribution in [0.25, 0.3) is 0 Å². The van der Waals surface area contributed by atoms with E-state index < -0.39 is 0 Å². The van der Waals surface area contributed by atoms with Gasteiger partial charge in [-0.15, -0.1) is 12.4 Å². The van der Waals surface area contributed by atoms with Crippen LogP contribution in [0.5, 0.6) is 0 Å². The van der Waals surface area contributed by atoms with Crippen LogP contribution >= 0.6 is 12.4 Å². The van der Waals surface area contributed by atoms with Crippen LogP contribution in [0.1, 0.15) is 11.1 Å². The molecule has 1 N–H and O–H groups in total. The summed E-state index contributed by atoms with van der Waals surface area (Å²) in [5.41, 5.74) is 3.89. The zero-order chi connectivity index (χ0) is 15.5. The molecule has 1 fully saturated rings. The number of furan rings is 1. The number of benzene rings is 1. The SMILES string of the molecule is Cc1cccc(N2CCN(C(=O)Nc3ccco3)CC2)c1C.Cl. The molecule has 2 aromatic rings. The van der Waals surface area contributed by atoms with Crippen molar-refractivity contribution in [1.29, 1.82) is 0 Å². The molecule has 1 aromatic carbocycles. The average molecular weight is 336 g/mol. The first-order valence-corrected chi connectivity index (χ1v) is 7.56. The topological polar surface area (TPSA) is 48.7 Å². The van der Waals surface area contributed by atoms with Crippen molar-refractivity contribution < 1.29 is 9.21 Å². The Bertz CT molecular complexity index is 650. The Morgan fingerprint density at radius 1 is 1.09 bits per heavy atom. The molecule has 1 aliphatic heterocycles. The number of amides is 2. The quantitative estimate of drug-likeness (QED) is 0.911. The van der Waals surface area contributed by atoms with Gasteiger partial charge in [0.1, 0.15) is 0 Å². The van der Waals surface area contributed by atoms with Crippen molar-refractivity contribution in [3.05, 3.63) is 47.7 Å². The van der Waals surface area contributed by atoms with Gasteiger partial charge in [-0.3, -0.25) is 5.32 Å². The minimum atomic E-state index is -0.101.